The topological polar surface area (TPSA) is 78.5 Å². The van der Waals surface area contributed by atoms with Gasteiger partial charge in [0.05, 0.1) is 11.4 Å². The molecule has 112 valence electrons. The van der Waals surface area contributed by atoms with Crippen molar-refractivity contribution in [3.63, 3.8) is 0 Å². The monoisotopic (exact) mass is 299 g/mol. The summed E-state index contributed by atoms with van der Waals surface area (Å²) in [6.45, 7) is 4.52. The summed E-state index contributed by atoms with van der Waals surface area (Å²) in [6.07, 6.45) is 0. The van der Waals surface area contributed by atoms with Crippen molar-refractivity contribution in [1.82, 2.24) is 9.62 Å². The molecular formula is C13H21N3O3S. The fourth-order valence-electron chi connectivity index (χ4n) is 1.60. The Morgan fingerprint density at radius 3 is 2.50 bits per heavy atom. The number of amides is 1. The summed E-state index contributed by atoms with van der Waals surface area (Å²) in [7, 11) is -0.562. The van der Waals surface area contributed by atoms with Gasteiger partial charge in [0.25, 0.3) is 0 Å². The molecule has 0 fully saturated rings. The molecule has 2 N–H and O–H groups in total. The smallest absolute Gasteiger partial charge is 0.242 e. The molecule has 7 heteroatoms. The molecule has 0 atom stereocenters. The highest BCUT2D eigenvalue weighted by molar-refractivity contribution is 7.89. The maximum atomic E-state index is 12.2. The van der Waals surface area contributed by atoms with Crippen molar-refractivity contribution in [2.45, 2.75) is 18.7 Å². The SMILES string of the molecule is CCNCC(=O)Nc1ccc(C)c(S(=O)(=O)N(C)C)c1. The van der Waals surface area contributed by atoms with Gasteiger partial charge in [-0.1, -0.05) is 13.0 Å². The molecule has 1 aromatic rings. The number of hydrogen-bond acceptors (Lipinski definition) is 4. The first-order chi connectivity index (χ1) is 9.28. The van der Waals surface area contributed by atoms with Crippen LogP contribution >= 0.6 is 0 Å². The zero-order valence-electron chi connectivity index (χ0n) is 12.2. The highest BCUT2D eigenvalue weighted by Gasteiger charge is 2.20. The largest absolute Gasteiger partial charge is 0.325 e. The molecule has 0 spiro atoms. The predicted octanol–water partition coefficient (Wildman–Crippen LogP) is 0.793. The number of benzene rings is 1. The molecule has 0 saturated carbocycles. The van der Waals surface area contributed by atoms with E-state index in [9.17, 15) is 13.2 Å². The molecule has 1 amide bonds. The van der Waals surface area contributed by atoms with E-state index >= 15 is 0 Å². The van der Waals surface area contributed by atoms with Crippen LogP contribution in [0.4, 0.5) is 5.69 Å². The summed E-state index contributed by atoms with van der Waals surface area (Å²) < 4.78 is 25.5. The van der Waals surface area contributed by atoms with Gasteiger partial charge in [0.15, 0.2) is 0 Å². The molecule has 0 radical (unpaired) electrons. The van der Waals surface area contributed by atoms with Crippen LogP contribution in [-0.2, 0) is 14.8 Å². The van der Waals surface area contributed by atoms with E-state index < -0.39 is 10.0 Å². The van der Waals surface area contributed by atoms with Crippen molar-refractivity contribution in [2.24, 2.45) is 0 Å². The van der Waals surface area contributed by atoms with Gasteiger partial charge in [0.1, 0.15) is 0 Å². The Morgan fingerprint density at radius 2 is 1.95 bits per heavy atom. The minimum Gasteiger partial charge on any atom is -0.325 e. The van der Waals surface area contributed by atoms with Gasteiger partial charge < -0.3 is 10.6 Å². The van der Waals surface area contributed by atoms with Gasteiger partial charge in [0.2, 0.25) is 15.9 Å². The lowest BCUT2D eigenvalue weighted by atomic mass is 10.2. The average Bonchev–Trinajstić information content (AvgIpc) is 2.38. The van der Waals surface area contributed by atoms with Crippen molar-refractivity contribution >= 4 is 21.6 Å². The van der Waals surface area contributed by atoms with E-state index in [1.807, 2.05) is 6.92 Å². The van der Waals surface area contributed by atoms with Gasteiger partial charge in [-0.2, -0.15) is 0 Å². The summed E-state index contributed by atoms with van der Waals surface area (Å²) in [4.78, 5) is 11.8. The molecule has 20 heavy (non-hydrogen) atoms. The van der Waals surface area contributed by atoms with Crippen LogP contribution in [-0.4, -0.2) is 45.8 Å². The van der Waals surface area contributed by atoms with Crippen LogP contribution < -0.4 is 10.6 Å². The van der Waals surface area contributed by atoms with Gasteiger partial charge in [0, 0.05) is 19.8 Å². The third-order valence-corrected chi connectivity index (χ3v) is 4.72. The second-order valence-corrected chi connectivity index (χ2v) is 6.72. The van der Waals surface area contributed by atoms with Crippen LogP contribution in [0.25, 0.3) is 0 Å². The van der Waals surface area contributed by atoms with Crippen molar-refractivity contribution in [3.8, 4) is 0 Å². The van der Waals surface area contributed by atoms with Gasteiger partial charge in [-0.3, -0.25) is 4.79 Å². The number of anilines is 1. The maximum Gasteiger partial charge on any atom is 0.242 e. The number of rotatable bonds is 6. The first kappa shape index (κ1) is 16.6. The zero-order valence-corrected chi connectivity index (χ0v) is 13.0. The van der Waals surface area contributed by atoms with Crippen LogP contribution in [0.5, 0.6) is 0 Å². The van der Waals surface area contributed by atoms with Gasteiger partial charge in [-0.05, 0) is 31.2 Å². The lowest BCUT2D eigenvalue weighted by Crippen LogP contribution is -2.28. The van der Waals surface area contributed by atoms with Gasteiger partial charge in [-0.15, -0.1) is 0 Å². The quantitative estimate of drug-likeness (QED) is 0.814. The molecule has 1 aromatic carbocycles. The van der Waals surface area contributed by atoms with E-state index in [-0.39, 0.29) is 17.3 Å². The third-order valence-electron chi connectivity index (χ3n) is 2.77. The van der Waals surface area contributed by atoms with E-state index in [4.69, 9.17) is 0 Å². The Balaban J connectivity index is 3.01. The van der Waals surface area contributed by atoms with Crippen LogP contribution in [0.3, 0.4) is 0 Å². The Labute approximate surface area is 120 Å². The maximum absolute atomic E-state index is 12.2. The molecule has 0 saturated heterocycles. The molecule has 0 aliphatic rings. The number of nitrogens with zero attached hydrogens (tertiary/aromatic N) is 1. The lowest BCUT2D eigenvalue weighted by Gasteiger charge is -2.15. The first-order valence-corrected chi connectivity index (χ1v) is 7.76. The molecule has 6 nitrogen and oxygen atoms in total. The Morgan fingerprint density at radius 1 is 1.30 bits per heavy atom. The van der Waals surface area contributed by atoms with Crippen LogP contribution in [0.15, 0.2) is 23.1 Å². The van der Waals surface area contributed by atoms with Crippen molar-refractivity contribution in [3.05, 3.63) is 23.8 Å². The average molecular weight is 299 g/mol. The summed E-state index contributed by atoms with van der Waals surface area (Å²) in [6, 6.07) is 4.85. The molecular weight excluding hydrogens is 278 g/mol. The van der Waals surface area contributed by atoms with Crippen LogP contribution in [0, 0.1) is 6.92 Å². The van der Waals surface area contributed by atoms with E-state index in [0.717, 1.165) is 4.31 Å². The second-order valence-electron chi connectivity index (χ2n) is 4.60. The first-order valence-electron chi connectivity index (χ1n) is 6.32. The zero-order chi connectivity index (χ0) is 15.3. The standard InChI is InChI=1S/C13H21N3O3S/c1-5-14-9-13(17)15-11-7-6-10(2)12(8-11)20(18,19)16(3)4/h6-8,14H,5,9H2,1-4H3,(H,15,17). The Kier molecular flexibility index (Phi) is 5.67. The highest BCUT2D eigenvalue weighted by Crippen LogP contribution is 2.22. The second kappa shape index (κ2) is 6.83. The Bertz CT molecular complexity index is 583. The highest BCUT2D eigenvalue weighted by atomic mass is 32.2. The summed E-state index contributed by atoms with van der Waals surface area (Å²) in [5, 5.41) is 5.58. The minimum atomic E-state index is -3.52. The summed E-state index contributed by atoms with van der Waals surface area (Å²) in [5.41, 5.74) is 1.11. The third kappa shape index (κ3) is 4.03. The summed E-state index contributed by atoms with van der Waals surface area (Å²) in [5.74, 6) is -0.205. The molecule has 0 bridgehead atoms. The number of carbonyl (C=O) groups is 1. The number of carbonyl (C=O) groups excluding carboxylic acids is 1. The van der Waals surface area contributed by atoms with Crippen LogP contribution in [0.2, 0.25) is 0 Å². The van der Waals surface area contributed by atoms with Crippen LogP contribution in [0.1, 0.15) is 12.5 Å². The van der Waals surface area contributed by atoms with Gasteiger partial charge in [-0.25, -0.2) is 12.7 Å². The molecule has 0 unspecified atom stereocenters. The number of likely N-dealkylation sites (N-methyl/N-ethyl adjacent to an activating group) is 1. The molecule has 0 heterocycles. The number of aryl methyl sites for hydroxylation is 1. The van der Waals surface area contributed by atoms with Crippen molar-refractivity contribution in [2.75, 3.05) is 32.5 Å². The van der Waals surface area contributed by atoms with E-state index in [0.29, 0.717) is 17.8 Å². The van der Waals surface area contributed by atoms with Crippen molar-refractivity contribution < 1.29 is 13.2 Å². The molecule has 0 aliphatic carbocycles. The fraction of sp³-hybridized carbons (Fsp3) is 0.462. The van der Waals surface area contributed by atoms with E-state index in [2.05, 4.69) is 10.6 Å². The fourth-order valence-corrected chi connectivity index (χ4v) is 2.74. The van der Waals surface area contributed by atoms with E-state index in [1.54, 1.807) is 19.1 Å². The lowest BCUT2D eigenvalue weighted by molar-refractivity contribution is -0.115. The number of hydrogen-bond donors (Lipinski definition) is 2. The van der Waals surface area contributed by atoms with Crippen molar-refractivity contribution in [1.29, 1.82) is 0 Å². The van der Waals surface area contributed by atoms with Gasteiger partial charge >= 0.3 is 0 Å². The normalized spacial score (nSPS) is 11.7. The molecule has 1 rings (SSSR count). The molecule has 0 aromatic heterocycles. The number of nitrogens with one attached hydrogen (secondary N) is 2. The minimum absolute atomic E-state index is 0.195. The predicted molar refractivity (Wildman–Crippen MR) is 79.2 cm³/mol. The molecule has 0 aliphatic heterocycles. The van der Waals surface area contributed by atoms with E-state index in [1.165, 1.54) is 20.2 Å². The summed E-state index contributed by atoms with van der Waals surface area (Å²) >= 11 is 0. The Hall–Kier alpha value is -1.44. The number of sulfonamides is 1.